The van der Waals surface area contributed by atoms with Crippen molar-refractivity contribution in [3.63, 3.8) is 0 Å². The summed E-state index contributed by atoms with van der Waals surface area (Å²) >= 11 is 12.0. The van der Waals surface area contributed by atoms with E-state index in [0.717, 1.165) is 0 Å². The molecule has 1 aliphatic heterocycles. The minimum absolute atomic E-state index is 0.0885. The SMILES string of the molecule is O=C(c1ccccc1)N1CCN=C1Nc1ccc(Cl)cc1Cl. The van der Waals surface area contributed by atoms with Gasteiger partial charge in [-0.3, -0.25) is 14.7 Å². The fraction of sp³-hybridized carbons (Fsp3) is 0.125. The van der Waals surface area contributed by atoms with Crippen molar-refractivity contribution in [2.24, 2.45) is 4.99 Å². The van der Waals surface area contributed by atoms with E-state index in [1.54, 1.807) is 35.2 Å². The van der Waals surface area contributed by atoms with Crippen molar-refractivity contribution in [1.29, 1.82) is 0 Å². The van der Waals surface area contributed by atoms with Crippen LogP contribution in [0.25, 0.3) is 0 Å². The Morgan fingerprint density at radius 2 is 1.91 bits per heavy atom. The molecule has 0 aliphatic carbocycles. The van der Waals surface area contributed by atoms with E-state index in [1.165, 1.54) is 0 Å². The highest BCUT2D eigenvalue weighted by atomic mass is 35.5. The molecule has 0 saturated carbocycles. The number of aliphatic imine (C=N–C) groups is 1. The second-order valence-electron chi connectivity index (χ2n) is 4.78. The molecular formula is C16H13Cl2N3O. The third kappa shape index (κ3) is 3.08. The Labute approximate surface area is 138 Å². The number of carbonyl (C=O) groups is 1. The molecule has 1 N–H and O–H groups in total. The summed E-state index contributed by atoms with van der Waals surface area (Å²) < 4.78 is 0. The van der Waals surface area contributed by atoms with Crippen LogP contribution in [-0.2, 0) is 0 Å². The van der Waals surface area contributed by atoms with Gasteiger partial charge in [0, 0.05) is 17.1 Å². The van der Waals surface area contributed by atoms with Crippen LogP contribution in [0.3, 0.4) is 0 Å². The second kappa shape index (κ2) is 6.38. The van der Waals surface area contributed by atoms with E-state index in [-0.39, 0.29) is 5.91 Å². The van der Waals surface area contributed by atoms with E-state index >= 15 is 0 Å². The van der Waals surface area contributed by atoms with E-state index in [4.69, 9.17) is 23.2 Å². The first-order valence-electron chi connectivity index (χ1n) is 6.78. The molecule has 22 heavy (non-hydrogen) atoms. The molecule has 6 heteroatoms. The number of rotatable bonds is 2. The highest BCUT2D eigenvalue weighted by Gasteiger charge is 2.25. The number of nitrogens with one attached hydrogen (secondary N) is 1. The van der Waals surface area contributed by atoms with Gasteiger partial charge in [0.05, 0.1) is 17.3 Å². The molecule has 0 saturated heterocycles. The van der Waals surface area contributed by atoms with Crippen molar-refractivity contribution >= 4 is 40.8 Å². The number of anilines is 1. The molecule has 0 unspecified atom stereocenters. The van der Waals surface area contributed by atoms with Crippen molar-refractivity contribution in [2.45, 2.75) is 0 Å². The highest BCUT2D eigenvalue weighted by Crippen LogP contribution is 2.26. The first-order chi connectivity index (χ1) is 10.6. The van der Waals surface area contributed by atoms with Crippen LogP contribution in [0.2, 0.25) is 10.0 Å². The quantitative estimate of drug-likeness (QED) is 0.905. The van der Waals surface area contributed by atoms with Crippen molar-refractivity contribution in [2.75, 3.05) is 18.4 Å². The standard InChI is InChI=1S/C16H13Cl2N3O/c17-12-6-7-14(13(18)10-12)20-16-19-8-9-21(16)15(22)11-4-2-1-3-5-11/h1-7,10H,8-9H2,(H,19,20). The first kappa shape index (κ1) is 14.9. The van der Waals surface area contributed by atoms with E-state index in [0.29, 0.717) is 40.3 Å². The largest absolute Gasteiger partial charge is 0.324 e. The molecule has 2 aromatic rings. The van der Waals surface area contributed by atoms with E-state index < -0.39 is 0 Å². The number of nitrogens with zero attached hydrogens (tertiary/aromatic N) is 2. The van der Waals surface area contributed by atoms with Gasteiger partial charge in [0.25, 0.3) is 5.91 Å². The molecule has 1 amide bonds. The zero-order valence-electron chi connectivity index (χ0n) is 11.6. The predicted octanol–water partition coefficient (Wildman–Crippen LogP) is 3.92. The van der Waals surface area contributed by atoms with Gasteiger partial charge in [-0.25, -0.2) is 0 Å². The molecule has 3 rings (SSSR count). The maximum absolute atomic E-state index is 12.5. The van der Waals surface area contributed by atoms with Crippen molar-refractivity contribution in [3.05, 3.63) is 64.1 Å². The smallest absolute Gasteiger partial charge is 0.260 e. The second-order valence-corrected chi connectivity index (χ2v) is 5.62. The Hall–Kier alpha value is -2.04. The molecule has 0 radical (unpaired) electrons. The topological polar surface area (TPSA) is 44.7 Å². The Morgan fingerprint density at radius 3 is 2.64 bits per heavy atom. The molecule has 0 fully saturated rings. The fourth-order valence-electron chi connectivity index (χ4n) is 2.20. The zero-order valence-corrected chi connectivity index (χ0v) is 13.1. The lowest BCUT2D eigenvalue weighted by atomic mass is 10.2. The van der Waals surface area contributed by atoms with Crippen LogP contribution in [0, 0.1) is 0 Å². The van der Waals surface area contributed by atoms with Crippen molar-refractivity contribution in [3.8, 4) is 0 Å². The monoisotopic (exact) mass is 333 g/mol. The molecule has 4 nitrogen and oxygen atoms in total. The maximum atomic E-state index is 12.5. The average Bonchev–Trinajstić information content (AvgIpc) is 2.98. The van der Waals surface area contributed by atoms with Gasteiger partial charge < -0.3 is 5.32 Å². The maximum Gasteiger partial charge on any atom is 0.260 e. The molecular weight excluding hydrogens is 321 g/mol. The van der Waals surface area contributed by atoms with E-state index in [1.807, 2.05) is 18.2 Å². The van der Waals surface area contributed by atoms with E-state index in [9.17, 15) is 4.79 Å². The van der Waals surface area contributed by atoms with E-state index in [2.05, 4.69) is 10.3 Å². The van der Waals surface area contributed by atoms with Gasteiger partial charge in [0.1, 0.15) is 0 Å². The van der Waals surface area contributed by atoms with Gasteiger partial charge in [-0.05, 0) is 30.3 Å². The van der Waals surface area contributed by atoms with Crippen LogP contribution in [0.5, 0.6) is 0 Å². The van der Waals surface area contributed by atoms with Gasteiger partial charge in [-0.15, -0.1) is 0 Å². The number of carbonyl (C=O) groups excluding carboxylic acids is 1. The number of hydrogen-bond donors (Lipinski definition) is 1. The molecule has 0 aromatic heterocycles. The summed E-state index contributed by atoms with van der Waals surface area (Å²) in [4.78, 5) is 18.5. The van der Waals surface area contributed by atoms with Crippen LogP contribution in [-0.4, -0.2) is 29.9 Å². The van der Waals surface area contributed by atoms with Crippen LogP contribution in [0.15, 0.2) is 53.5 Å². The first-order valence-corrected chi connectivity index (χ1v) is 7.54. The van der Waals surface area contributed by atoms with Gasteiger partial charge in [0.2, 0.25) is 5.96 Å². The summed E-state index contributed by atoms with van der Waals surface area (Å²) in [6.45, 7) is 1.10. The molecule has 0 spiro atoms. The molecule has 1 heterocycles. The number of benzene rings is 2. The Balaban J connectivity index is 1.80. The number of halogens is 2. The molecule has 2 aromatic carbocycles. The minimum Gasteiger partial charge on any atom is -0.324 e. The lowest BCUT2D eigenvalue weighted by Gasteiger charge is -2.20. The Bertz CT molecular complexity index is 731. The third-order valence-corrected chi connectivity index (χ3v) is 3.83. The van der Waals surface area contributed by atoms with Crippen LogP contribution >= 0.6 is 23.2 Å². The third-order valence-electron chi connectivity index (χ3n) is 3.28. The summed E-state index contributed by atoms with van der Waals surface area (Å²) in [7, 11) is 0. The fourth-order valence-corrected chi connectivity index (χ4v) is 2.66. The lowest BCUT2D eigenvalue weighted by Crippen LogP contribution is -2.38. The number of hydrogen-bond acceptors (Lipinski definition) is 3. The summed E-state index contributed by atoms with van der Waals surface area (Å²) in [5.41, 5.74) is 1.29. The molecule has 1 aliphatic rings. The molecule has 0 bridgehead atoms. The number of amides is 1. The summed E-state index contributed by atoms with van der Waals surface area (Å²) in [6.07, 6.45) is 0. The van der Waals surface area contributed by atoms with Gasteiger partial charge >= 0.3 is 0 Å². The lowest BCUT2D eigenvalue weighted by molar-refractivity contribution is 0.0858. The summed E-state index contributed by atoms with van der Waals surface area (Å²) in [6, 6.07) is 14.3. The van der Waals surface area contributed by atoms with Gasteiger partial charge in [-0.1, -0.05) is 41.4 Å². The normalized spacial score (nSPS) is 13.9. The Kier molecular flexibility index (Phi) is 4.32. The Morgan fingerprint density at radius 1 is 1.14 bits per heavy atom. The highest BCUT2D eigenvalue weighted by molar-refractivity contribution is 6.36. The summed E-state index contributed by atoms with van der Waals surface area (Å²) in [5.74, 6) is 0.410. The van der Waals surface area contributed by atoms with Crippen molar-refractivity contribution in [1.82, 2.24) is 4.90 Å². The van der Waals surface area contributed by atoms with Gasteiger partial charge in [0.15, 0.2) is 0 Å². The molecule has 0 atom stereocenters. The van der Waals surface area contributed by atoms with Gasteiger partial charge in [-0.2, -0.15) is 0 Å². The average molecular weight is 334 g/mol. The minimum atomic E-state index is -0.0885. The number of guanidine groups is 1. The van der Waals surface area contributed by atoms with Crippen LogP contribution in [0.4, 0.5) is 5.69 Å². The van der Waals surface area contributed by atoms with Crippen LogP contribution < -0.4 is 5.32 Å². The van der Waals surface area contributed by atoms with Crippen LogP contribution in [0.1, 0.15) is 10.4 Å². The predicted molar refractivity (Wildman–Crippen MR) is 89.9 cm³/mol. The summed E-state index contributed by atoms with van der Waals surface area (Å²) in [5, 5.41) is 4.14. The molecule has 112 valence electrons. The van der Waals surface area contributed by atoms with Crippen molar-refractivity contribution < 1.29 is 4.79 Å². The zero-order chi connectivity index (χ0) is 15.5.